The largest absolute Gasteiger partial charge is 0.463 e. The summed E-state index contributed by atoms with van der Waals surface area (Å²) in [5.41, 5.74) is 4.02. The van der Waals surface area contributed by atoms with Crippen molar-refractivity contribution in [3.05, 3.63) is 81.5 Å². The van der Waals surface area contributed by atoms with E-state index in [1.54, 1.807) is 38.1 Å². The molecule has 2 aromatic carbocycles. The number of benzene rings is 2. The molecule has 10 nitrogen and oxygen atoms in total. The first kappa shape index (κ1) is 21.5. The number of hydrazine groups is 1. The summed E-state index contributed by atoms with van der Waals surface area (Å²) in [6.45, 7) is 3.39. The van der Waals surface area contributed by atoms with Crippen molar-refractivity contribution in [2.75, 3.05) is 11.9 Å². The molecule has 160 valence electrons. The fourth-order valence-electron chi connectivity index (χ4n) is 3.29. The normalized spacial score (nSPS) is 15.6. The molecule has 0 bridgehead atoms. The molecular formula is C21H21N5O5. The van der Waals surface area contributed by atoms with Crippen molar-refractivity contribution in [3.8, 4) is 0 Å². The number of rotatable bonds is 6. The van der Waals surface area contributed by atoms with Crippen LogP contribution in [0, 0.1) is 15.5 Å². The van der Waals surface area contributed by atoms with E-state index in [0.717, 1.165) is 0 Å². The summed E-state index contributed by atoms with van der Waals surface area (Å²) in [7, 11) is 0. The van der Waals surface area contributed by atoms with Crippen molar-refractivity contribution < 1.29 is 19.2 Å². The van der Waals surface area contributed by atoms with Crippen molar-refractivity contribution in [1.82, 2.24) is 10.4 Å². The Labute approximate surface area is 178 Å². The number of carbonyl (C=O) groups excluding carboxylic acids is 2. The van der Waals surface area contributed by atoms with Gasteiger partial charge in [-0.3, -0.25) is 15.5 Å². The molecule has 0 fully saturated rings. The van der Waals surface area contributed by atoms with Gasteiger partial charge in [0.1, 0.15) is 5.84 Å². The Morgan fingerprint density at radius 2 is 1.81 bits per heavy atom. The molecule has 0 aromatic heterocycles. The first-order chi connectivity index (χ1) is 14.8. The molecule has 0 radical (unpaired) electrons. The van der Waals surface area contributed by atoms with Crippen LogP contribution in [0.25, 0.3) is 0 Å². The topological polar surface area (TPSA) is 138 Å². The minimum Gasteiger partial charge on any atom is -0.463 e. The van der Waals surface area contributed by atoms with Gasteiger partial charge in [-0.1, -0.05) is 30.3 Å². The van der Waals surface area contributed by atoms with E-state index in [-0.39, 0.29) is 23.7 Å². The molecule has 10 heteroatoms. The van der Waals surface area contributed by atoms with Crippen LogP contribution in [0.4, 0.5) is 16.2 Å². The Balaban J connectivity index is 1.90. The van der Waals surface area contributed by atoms with Crippen LogP contribution in [0.5, 0.6) is 0 Å². The van der Waals surface area contributed by atoms with Gasteiger partial charge in [-0.15, -0.1) is 0 Å². The summed E-state index contributed by atoms with van der Waals surface area (Å²) in [5, 5.41) is 23.4. The summed E-state index contributed by atoms with van der Waals surface area (Å²) < 4.78 is 5.15. The van der Waals surface area contributed by atoms with Crippen LogP contribution < -0.4 is 10.7 Å². The number of urea groups is 1. The highest BCUT2D eigenvalue weighted by Gasteiger charge is 2.41. The van der Waals surface area contributed by atoms with E-state index in [0.29, 0.717) is 16.9 Å². The molecule has 1 unspecified atom stereocenters. The SMILES string of the molecule is CCOC(=O)C1=C(C)N(NC(=O)Nc2ccccc2)C(=N)C1c1ccc([N+](=O)[O-])cc1. The molecule has 0 spiro atoms. The van der Waals surface area contributed by atoms with Gasteiger partial charge in [-0.2, -0.15) is 0 Å². The van der Waals surface area contributed by atoms with Gasteiger partial charge < -0.3 is 10.1 Å². The van der Waals surface area contributed by atoms with Gasteiger partial charge in [0.2, 0.25) is 0 Å². The number of nitro groups is 1. The van der Waals surface area contributed by atoms with Crippen molar-refractivity contribution in [2.24, 2.45) is 0 Å². The van der Waals surface area contributed by atoms with Crippen molar-refractivity contribution in [3.63, 3.8) is 0 Å². The van der Waals surface area contributed by atoms with Crippen LogP contribution in [0.15, 0.2) is 65.9 Å². The third-order valence-electron chi connectivity index (χ3n) is 4.71. The van der Waals surface area contributed by atoms with Crippen LogP contribution >= 0.6 is 0 Å². The second-order valence-electron chi connectivity index (χ2n) is 6.65. The maximum atomic E-state index is 12.6. The van der Waals surface area contributed by atoms with Gasteiger partial charge in [-0.25, -0.2) is 20.0 Å². The first-order valence-corrected chi connectivity index (χ1v) is 9.47. The number of hydrogen-bond donors (Lipinski definition) is 3. The van der Waals surface area contributed by atoms with Crippen molar-refractivity contribution >= 4 is 29.2 Å². The second kappa shape index (κ2) is 9.08. The van der Waals surface area contributed by atoms with Crippen LogP contribution in [-0.4, -0.2) is 34.4 Å². The number of esters is 1. The Kier molecular flexibility index (Phi) is 6.29. The number of para-hydroxylation sites is 1. The van der Waals surface area contributed by atoms with Gasteiger partial charge in [0.25, 0.3) is 5.69 Å². The summed E-state index contributed by atoms with van der Waals surface area (Å²) in [4.78, 5) is 35.5. The molecule has 2 aromatic rings. The second-order valence-corrected chi connectivity index (χ2v) is 6.65. The van der Waals surface area contributed by atoms with Gasteiger partial charge in [0.05, 0.1) is 28.7 Å². The number of hydrogen-bond acceptors (Lipinski definition) is 6. The van der Waals surface area contributed by atoms with Crippen LogP contribution in [-0.2, 0) is 9.53 Å². The predicted molar refractivity (Wildman–Crippen MR) is 113 cm³/mol. The van der Waals surface area contributed by atoms with Crippen LogP contribution in [0.3, 0.4) is 0 Å². The third kappa shape index (κ3) is 4.53. The number of nitro benzene ring substituents is 1. The molecule has 3 rings (SSSR count). The molecule has 1 heterocycles. The van der Waals surface area contributed by atoms with Gasteiger partial charge in [0.15, 0.2) is 0 Å². The Morgan fingerprint density at radius 3 is 2.39 bits per heavy atom. The molecule has 1 atom stereocenters. The maximum Gasteiger partial charge on any atom is 0.338 e. The standard InChI is InChI=1S/C21H21N5O5/c1-3-31-20(27)17-13(2)25(24-21(28)23-15-7-5-4-6-8-15)19(22)18(17)14-9-11-16(12-10-14)26(29)30/h4-12,18,22H,3H2,1-2H3,(H2,23,24,28). The van der Waals surface area contributed by atoms with Crippen LogP contribution in [0.1, 0.15) is 25.3 Å². The molecule has 1 aliphatic heterocycles. The van der Waals surface area contributed by atoms with E-state index in [1.807, 2.05) is 6.07 Å². The number of anilines is 1. The maximum absolute atomic E-state index is 12.6. The zero-order chi connectivity index (χ0) is 22.5. The predicted octanol–water partition coefficient (Wildman–Crippen LogP) is 3.55. The summed E-state index contributed by atoms with van der Waals surface area (Å²) >= 11 is 0. The smallest absolute Gasteiger partial charge is 0.338 e. The number of amides is 2. The summed E-state index contributed by atoms with van der Waals surface area (Å²) in [6.07, 6.45) is 0. The van der Waals surface area contributed by atoms with E-state index < -0.39 is 22.8 Å². The number of amidine groups is 1. The monoisotopic (exact) mass is 423 g/mol. The molecular weight excluding hydrogens is 402 g/mol. The van der Waals surface area contributed by atoms with E-state index in [1.165, 1.54) is 29.3 Å². The average Bonchev–Trinajstić information content (AvgIpc) is 2.99. The number of nitrogens with one attached hydrogen (secondary N) is 3. The number of nitrogens with zero attached hydrogens (tertiary/aromatic N) is 2. The third-order valence-corrected chi connectivity index (χ3v) is 4.71. The zero-order valence-electron chi connectivity index (χ0n) is 16.9. The van der Waals surface area contributed by atoms with Crippen molar-refractivity contribution in [2.45, 2.75) is 19.8 Å². The first-order valence-electron chi connectivity index (χ1n) is 9.47. The van der Waals surface area contributed by atoms with Crippen LogP contribution in [0.2, 0.25) is 0 Å². The lowest BCUT2D eigenvalue weighted by Gasteiger charge is -2.22. The average molecular weight is 423 g/mol. The lowest BCUT2D eigenvalue weighted by molar-refractivity contribution is -0.384. The lowest BCUT2D eigenvalue weighted by atomic mass is 9.91. The molecule has 0 saturated heterocycles. The fourth-order valence-corrected chi connectivity index (χ4v) is 3.29. The molecule has 0 saturated carbocycles. The zero-order valence-corrected chi connectivity index (χ0v) is 16.9. The number of ether oxygens (including phenoxy) is 1. The van der Waals surface area contributed by atoms with E-state index >= 15 is 0 Å². The van der Waals surface area contributed by atoms with Gasteiger partial charge >= 0.3 is 12.0 Å². The Bertz CT molecular complexity index is 1050. The molecule has 2 amide bonds. The number of carbonyl (C=O) groups is 2. The Morgan fingerprint density at radius 1 is 1.16 bits per heavy atom. The Hall–Kier alpha value is -4.21. The highest BCUT2D eigenvalue weighted by atomic mass is 16.6. The quantitative estimate of drug-likeness (QED) is 0.369. The highest BCUT2D eigenvalue weighted by Crippen LogP contribution is 2.37. The summed E-state index contributed by atoms with van der Waals surface area (Å²) in [5.74, 6) is -1.56. The highest BCUT2D eigenvalue weighted by molar-refractivity contribution is 6.07. The fraction of sp³-hybridized carbons (Fsp3) is 0.190. The van der Waals surface area contributed by atoms with E-state index in [2.05, 4.69) is 10.7 Å². The molecule has 0 aliphatic carbocycles. The summed E-state index contributed by atoms with van der Waals surface area (Å²) in [6, 6.07) is 13.7. The minimum absolute atomic E-state index is 0.0855. The molecule has 1 aliphatic rings. The molecule has 3 N–H and O–H groups in total. The number of non-ortho nitro benzene ring substituents is 1. The van der Waals surface area contributed by atoms with Gasteiger partial charge in [-0.05, 0) is 31.5 Å². The van der Waals surface area contributed by atoms with Gasteiger partial charge in [0, 0.05) is 17.8 Å². The number of allylic oxidation sites excluding steroid dienone is 1. The van der Waals surface area contributed by atoms with E-state index in [4.69, 9.17) is 10.1 Å². The van der Waals surface area contributed by atoms with E-state index in [9.17, 15) is 19.7 Å². The minimum atomic E-state index is -0.850. The van der Waals surface area contributed by atoms with Crippen molar-refractivity contribution in [1.29, 1.82) is 5.41 Å². The lowest BCUT2D eigenvalue weighted by Crippen LogP contribution is -2.45. The molecule has 31 heavy (non-hydrogen) atoms.